The van der Waals surface area contributed by atoms with Crippen LogP contribution in [0.15, 0.2) is 0 Å². The molecule has 1 unspecified atom stereocenters. The van der Waals surface area contributed by atoms with Crippen LogP contribution in [0.25, 0.3) is 0 Å². The third kappa shape index (κ3) is 5.36. The molecule has 2 N–H and O–H groups in total. The number of nitrogens with one attached hydrogen (secondary N) is 1. The fourth-order valence-electron chi connectivity index (χ4n) is 2.48. The van der Waals surface area contributed by atoms with Crippen LogP contribution in [-0.4, -0.2) is 55.4 Å². The predicted octanol–water partition coefficient (Wildman–Crippen LogP) is 1.56. The summed E-state index contributed by atoms with van der Waals surface area (Å²) in [7, 11) is 1.69. The van der Waals surface area contributed by atoms with Crippen molar-refractivity contribution in [3.63, 3.8) is 0 Å². The smallest absolute Gasteiger partial charge is 0.317 e. The van der Waals surface area contributed by atoms with Crippen molar-refractivity contribution in [2.45, 2.75) is 33.1 Å². The van der Waals surface area contributed by atoms with Gasteiger partial charge < -0.3 is 20.1 Å². The van der Waals surface area contributed by atoms with E-state index in [2.05, 4.69) is 19.2 Å². The van der Waals surface area contributed by atoms with Crippen LogP contribution in [0.5, 0.6) is 0 Å². The number of nitrogens with zero attached hydrogens (tertiary/aromatic N) is 1. The summed E-state index contributed by atoms with van der Waals surface area (Å²) in [5, 5.41) is 11.7. The third-order valence-corrected chi connectivity index (χ3v) is 3.67. The summed E-state index contributed by atoms with van der Waals surface area (Å²) in [6, 6.07) is -0.154. The molecule has 0 aromatic carbocycles. The Morgan fingerprint density at radius 1 is 1.45 bits per heavy atom. The van der Waals surface area contributed by atoms with Gasteiger partial charge in [-0.05, 0) is 24.7 Å². The van der Waals surface area contributed by atoms with Crippen LogP contribution in [0, 0.1) is 11.3 Å². The van der Waals surface area contributed by atoms with E-state index in [1.165, 1.54) is 0 Å². The van der Waals surface area contributed by atoms with Crippen LogP contribution >= 0.6 is 0 Å². The van der Waals surface area contributed by atoms with Crippen molar-refractivity contribution >= 4 is 12.0 Å². The highest BCUT2D eigenvalue weighted by molar-refractivity contribution is 5.77. The molecule has 1 aliphatic heterocycles. The number of likely N-dealkylation sites (tertiary alicyclic amines) is 1. The lowest BCUT2D eigenvalue weighted by molar-refractivity contribution is -0.141. The molecule has 6 nitrogen and oxygen atoms in total. The molecule has 0 aromatic rings. The van der Waals surface area contributed by atoms with Gasteiger partial charge in [0.1, 0.15) is 0 Å². The first-order valence-electron chi connectivity index (χ1n) is 7.10. The largest absolute Gasteiger partial charge is 0.481 e. The molecular formula is C14H26N2O4. The Labute approximate surface area is 120 Å². The molecule has 1 fully saturated rings. The van der Waals surface area contributed by atoms with E-state index in [0.717, 1.165) is 12.8 Å². The summed E-state index contributed by atoms with van der Waals surface area (Å²) in [4.78, 5) is 24.3. The number of carboxylic acid groups (broad SMARTS) is 1. The Balaban J connectivity index is 2.20. The van der Waals surface area contributed by atoms with Crippen LogP contribution in [-0.2, 0) is 9.53 Å². The molecule has 0 spiro atoms. The van der Waals surface area contributed by atoms with Gasteiger partial charge in [-0.1, -0.05) is 13.8 Å². The maximum Gasteiger partial charge on any atom is 0.317 e. The highest BCUT2D eigenvalue weighted by atomic mass is 16.5. The summed E-state index contributed by atoms with van der Waals surface area (Å²) in [6.07, 6.45) is 2.40. The van der Waals surface area contributed by atoms with E-state index in [0.29, 0.717) is 32.7 Å². The molecule has 2 amide bonds. The third-order valence-electron chi connectivity index (χ3n) is 3.67. The van der Waals surface area contributed by atoms with Gasteiger partial charge >= 0.3 is 12.0 Å². The van der Waals surface area contributed by atoms with Gasteiger partial charge in [0.25, 0.3) is 0 Å². The lowest BCUT2D eigenvalue weighted by atomic mass is 9.89. The first kappa shape index (κ1) is 16.8. The Bertz CT molecular complexity index is 344. The molecule has 1 atom stereocenters. The van der Waals surface area contributed by atoms with Gasteiger partial charge in [0.15, 0.2) is 0 Å². The maximum absolute atomic E-state index is 11.9. The van der Waals surface area contributed by atoms with Gasteiger partial charge in [0, 0.05) is 26.7 Å². The lowest BCUT2D eigenvalue weighted by Gasteiger charge is -2.23. The fraction of sp³-hybridized carbons (Fsp3) is 0.857. The number of carboxylic acids is 1. The average molecular weight is 286 g/mol. The standard InChI is InChI=1S/C14H26N2O4/c1-14(2,10-20-3)6-4-7-15-13(19)16-8-5-11(9-16)12(17)18/h11H,4-10H2,1-3H3,(H,15,19)(H,17,18). The van der Waals surface area contributed by atoms with Crippen LogP contribution in [0.4, 0.5) is 4.79 Å². The van der Waals surface area contributed by atoms with E-state index < -0.39 is 11.9 Å². The summed E-state index contributed by atoms with van der Waals surface area (Å²) >= 11 is 0. The molecule has 6 heteroatoms. The average Bonchev–Trinajstić information content (AvgIpc) is 2.84. The van der Waals surface area contributed by atoms with Crippen molar-refractivity contribution in [2.24, 2.45) is 11.3 Å². The van der Waals surface area contributed by atoms with E-state index in [9.17, 15) is 9.59 Å². The van der Waals surface area contributed by atoms with Crippen molar-refractivity contribution < 1.29 is 19.4 Å². The zero-order valence-electron chi connectivity index (χ0n) is 12.6. The number of methoxy groups -OCH3 is 1. The summed E-state index contributed by atoms with van der Waals surface area (Å²) < 4.78 is 5.15. The SMILES string of the molecule is COCC(C)(C)CCCNC(=O)N1CCC(C(=O)O)C1. The molecule has 0 radical (unpaired) electrons. The molecule has 0 saturated carbocycles. The summed E-state index contributed by atoms with van der Waals surface area (Å²) in [6.45, 7) is 6.42. The predicted molar refractivity (Wildman–Crippen MR) is 75.6 cm³/mol. The molecule has 1 rings (SSSR count). The molecule has 20 heavy (non-hydrogen) atoms. The first-order chi connectivity index (χ1) is 9.35. The summed E-state index contributed by atoms with van der Waals surface area (Å²) in [5.41, 5.74) is 0.113. The highest BCUT2D eigenvalue weighted by Crippen LogP contribution is 2.22. The molecule has 1 aliphatic rings. The minimum atomic E-state index is -0.818. The van der Waals surface area contributed by atoms with E-state index in [1.807, 2.05) is 0 Å². The fourth-order valence-corrected chi connectivity index (χ4v) is 2.48. The van der Waals surface area contributed by atoms with Crippen molar-refractivity contribution in [3.05, 3.63) is 0 Å². The number of amides is 2. The maximum atomic E-state index is 11.9. The van der Waals surface area contributed by atoms with E-state index in [4.69, 9.17) is 9.84 Å². The Morgan fingerprint density at radius 2 is 2.15 bits per heavy atom. The number of aliphatic carboxylic acids is 1. The minimum absolute atomic E-state index is 0.113. The first-order valence-corrected chi connectivity index (χ1v) is 7.10. The highest BCUT2D eigenvalue weighted by Gasteiger charge is 2.30. The number of hydrogen-bond donors (Lipinski definition) is 2. The number of urea groups is 1. The Hall–Kier alpha value is -1.30. The molecule has 1 saturated heterocycles. The number of ether oxygens (including phenoxy) is 1. The quantitative estimate of drug-likeness (QED) is 0.696. The number of rotatable bonds is 7. The van der Waals surface area contributed by atoms with E-state index in [1.54, 1.807) is 12.0 Å². The zero-order valence-corrected chi connectivity index (χ0v) is 12.6. The van der Waals surface area contributed by atoms with E-state index in [-0.39, 0.29) is 11.4 Å². The van der Waals surface area contributed by atoms with Gasteiger partial charge in [-0.2, -0.15) is 0 Å². The minimum Gasteiger partial charge on any atom is -0.481 e. The molecule has 0 aliphatic carbocycles. The van der Waals surface area contributed by atoms with Crippen molar-refractivity contribution in [1.82, 2.24) is 10.2 Å². The summed E-state index contributed by atoms with van der Waals surface area (Å²) in [5.74, 6) is -1.23. The lowest BCUT2D eigenvalue weighted by Crippen LogP contribution is -2.39. The second-order valence-electron chi connectivity index (χ2n) is 6.20. The van der Waals surface area contributed by atoms with E-state index >= 15 is 0 Å². The van der Waals surface area contributed by atoms with Crippen molar-refractivity contribution in [2.75, 3.05) is 33.4 Å². The van der Waals surface area contributed by atoms with Crippen LogP contribution in [0.3, 0.4) is 0 Å². The molecule has 0 bridgehead atoms. The Morgan fingerprint density at radius 3 is 2.70 bits per heavy atom. The van der Waals surface area contributed by atoms with Crippen molar-refractivity contribution in [1.29, 1.82) is 0 Å². The van der Waals surface area contributed by atoms with Crippen LogP contribution < -0.4 is 5.32 Å². The monoisotopic (exact) mass is 286 g/mol. The molecule has 116 valence electrons. The Kier molecular flexibility index (Phi) is 6.26. The number of carbonyl (C=O) groups is 2. The van der Waals surface area contributed by atoms with Crippen LogP contribution in [0.1, 0.15) is 33.1 Å². The van der Waals surface area contributed by atoms with Gasteiger partial charge in [-0.15, -0.1) is 0 Å². The second kappa shape index (κ2) is 7.47. The number of hydrogen-bond acceptors (Lipinski definition) is 3. The van der Waals surface area contributed by atoms with Crippen molar-refractivity contribution in [3.8, 4) is 0 Å². The zero-order chi connectivity index (χ0) is 15.2. The van der Waals surface area contributed by atoms with Crippen LogP contribution in [0.2, 0.25) is 0 Å². The molecule has 0 aromatic heterocycles. The normalized spacial score (nSPS) is 19.1. The van der Waals surface area contributed by atoms with Gasteiger partial charge in [-0.3, -0.25) is 4.79 Å². The van der Waals surface area contributed by atoms with Gasteiger partial charge in [0.2, 0.25) is 0 Å². The molecule has 1 heterocycles. The molecular weight excluding hydrogens is 260 g/mol. The van der Waals surface area contributed by atoms with Gasteiger partial charge in [0.05, 0.1) is 12.5 Å². The second-order valence-corrected chi connectivity index (χ2v) is 6.20. The topological polar surface area (TPSA) is 78.9 Å². The number of carbonyl (C=O) groups excluding carboxylic acids is 1. The van der Waals surface area contributed by atoms with Gasteiger partial charge in [-0.25, -0.2) is 4.79 Å².